The predicted octanol–water partition coefficient (Wildman–Crippen LogP) is 1.68. The molecule has 0 aromatic rings. The fourth-order valence-electron chi connectivity index (χ4n) is 1.81. The number of carboxylic acids is 1. The molecule has 1 unspecified atom stereocenters. The zero-order valence-electron chi connectivity index (χ0n) is 9.12. The molecule has 4 heteroatoms. The van der Waals surface area contributed by atoms with Gasteiger partial charge in [0.1, 0.15) is 0 Å². The molecule has 0 spiro atoms. The lowest BCUT2D eigenvalue weighted by atomic mass is 10.1. The summed E-state index contributed by atoms with van der Waals surface area (Å²) in [5, 5.41) is 8.71. The molecule has 1 atom stereocenters. The maximum absolute atomic E-state index is 10.6. The number of hydrogen-bond donors (Lipinski definition) is 1. The second-order valence-corrected chi connectivity index (χ2v) is 6.33. The topological polar surface area (TPSA) is 40.5 Å². The Morgan fingerprint density at radius 2 is 2.29 bits per heavy atom. The quantitative estimate of drug-likeness (QED) is 0.781. The van der Waals surface area contributed by atoms with Crippen molar-refractivity contribution >= 4 is 17.7 Å². The molecule has 1 rings (SSSR count). The average molecular weight is 217 g/mol. The zero-order chi connectivity index (χ0) is 10.8. The molecule has 82 valence electrons. The summed E-state index contributed by atoms with van der Waals surface area (Å²) in [6, 6.07) is 0.160. The van der Waals surface area contributed by atoms with Crippen molar-refractivity contribution in [3.63, 3.8) is 0 Å². The highest BCUT2D eigenvalue weighted by atomic mass is 32.2. The van der Waals surface area contributed by atoms with Crippen molar-refractivity contribution in [2.75, 3.05) is 18.8 Å². The Labute approximate surface area is 89.9 Å². The van der Waals surface area contributed by atoms with Crippen molar-refractivity contribution in [2.45, 2.75) is 38.0 Å². The van der Waals surface area contributed by atoms with Crippen molar-refractivity contribution in [3.05, 3.63) is 0 Å². The first-order chi connectivity index (χ1) is 6.41. The minimum absolute atomic E-state index is 0.160. The Kier molecular flexibility index (Phi) is 3.84. The number of aliphatic carboxylic acids is 1. The molecule has 0 saturated carbocycles. The monoisotopic (exact) mass is 217 g/mol. The molecule has 0 aliphatic carbocycles. The van der Waals surface area contributed by atoms with Gasteiger partial charge in [0.25, 0.3) is 0 Å². The van der Waals surface area contributed by atoms with Gasteiger partial charge in [-0.05, 0) is 20.8 Å². The van der Waals surface area contributed by atoms with E-state index in [1.807, 2.05) is 18.7 Å². The first-order valence-corrected chi connectivity index (χ1v) is 5.99. The molecule has 0 radical (unpaired) electrons. The Morgan fingerprint density at radius 3 is 2.79 bits per heavy atom. The van der Waals surface area contributed by atoms with Crippen LogP contribution in [0, 0.1) is 0 Å². The van der Waals surface area contributed by atoms with E-state index in [0.717, 1.165) is 18.8 Å². The summed E-state index contributed by atoms with van der Waals surface area (Å²) < 4.78 is 0.269. The Bertz CT molecular complexity index is 218. The maximum atomic E-state index is 10.6. The summed E-state index contributed by atoms with van der Waals surface area (Å²) in [5.41, 5.74) is 0. The first kappa shape index (κ1) is 11.9. The van der Waals surface area contributed by atoms with Gasteiger partial charge in [0.05, 0.1) is 6.42 Å². The largest absolute Gasteiger partial charge is 0.481 e. The van der Waals surface area contributed by atoms with Crippen LogP contribution in [-0.4, -0.2) is 45.6 Å². The van der Waals surface area contributed by atoms with Crippen molar-refractivity contribution in [2.24, 2.45) is 0 Å². The van der Waals surface area contributed by atoms with Gasteiger partial charge in [-0.2, -0.15) is 11.8 Å². The molecular weight excluding hydrogens is 198 g/mol. The molecule has 1 fully saturated rings. The van der Waals surface area contributed by atoms with Crippen LogP contribution in [0.2, 0.25) is 0 Å². The summed E-state index contributed by atoms with van der Waals surface area (Å²) in [7, 11) is 0. The fourth-order valence-corrected chi connectivity index (χ4v) is 2.95. The molecule has 14 heavy (non-hydrogen) atoms. The highest BCUT2D eigenvalue weighted by Crippen LogP contribution is 2.30. The highest BCUT2D eigenvalue weighted by Gasteiger charge is 2.29. The Balaban J connectivity index is 2.47. The number of nitrogens with zero attached hydrogens (tertiary/aromatic N) is 1. The van der Waals surface area contributed by atoms with E-state index in [4.69, 9.17) is 5.11 Å². The van der Waals surface area contributed by atoms with Gasteiger partial charge in [0.2, 0.25) is 0 Å². The third kappa shape index (κ3) is 3.50. The summed E-state index contributed by atoms with van der Waals surface area (Å²) in [6.45, 7) is 8.45. The zero-order valence-corrected chi connectivity index (χ0v) is 9.93. The van der Waals surface area contributed by atoms with Crippen LogP contribution >= 0.6 is 11.8 Å². The minimum atomic E-state index is -0.700. The molecule has 0 aromatic heterocycles. The molecule has 1 heterocycles. The molecule has 1 aliphatic heterocycles. The second kappa shape index (κ2) is 4.53. The van der Waals surface area contributed by atoms with E-state index >= 15 is 0 Å². The van der Waals surface area contributed by atoms with E-state index in [2.05, 4.69) is 18.7 Å². The van der Waals surface area contributed by atoms with Gasteiger partial charge in [-0.1, -0.05) is 0 Å². The lowest BCUT2D eigenvalue weighted by molar-refractivity contribution is -0.138. The average Bonchev–Trinajstić information content (AvgIpc) is 2.01. The Morgan fingerprint density at radius 1 is 1.64 bits per heavy atom. The van der Waals surface area contributed by atoms with Crippen molar-refractivity contribution in [3.8, 4) is 0 Å². The predicted molar refractivity (Wildman–Crippen MR) is 59.8 cm³/mol. The highest BCUT2D eigenvalue weighted by molar-refractivity contribution is 8.00. The van der Waals surface area contributed by atoms with Crippen molar-refractivity contribution in [1.29, 1.82) is 0 Å². The molecule has 1 saturated heterocycles. The van der Waals surface area contributed by atoms with Crippen LogP contribution in [0.3, 0.4) is 0 Å². The van der Waals surface area contributed by atoms with Gasteiger partial charge >= 0.3 is 5.97 Å². The molecular formula is C10H19NO2S. The van der Waals surface area contributed by atoms with Crippen LogP contribution in [0.5, 0.6) is 0 Å². The normalized spacial score (nSPS) is 24.5. The summed E-state index contributed by atoms with van der Waals surface area (Å²) >= 11 is 1.97. The van der Waals surface area contributed by atoms with E-state index in [-0.39, 0.29) is 17.2 Å². The van der Waals surface area contributed by atoms with Crippen LogP contribution in [-0.2, 0) is 4.79 Å². The maximum Gasteiger partial charge on any atom is 0.304 e. The van der Waals surface area contributed by atoms with E-state index in [9.17, 15) is 4.79 Å². The minimum Gasteiger partial charge on any atom is -0.481 e. The van der Waals surface area contributed by atoms with E-state index in [1.54, 1.807) is 0 Å². The van der Waals surface area contributed by atoms with Gasteiger partial charge in [-0.25, -0.2) is 0 Å². The third-order valence-electron chi connectivity index (χ3n) is 2.55. The Hall–Kier alpha value is -0.220. The standard InChI is InChI=1S/C10H19NO2S/c1-8(6-9(12)13)11-4-5-14-10(2,3)7-11/h8H,4-7H2,1-3H3,(H,12,13). The van der Waals surface area contributed by atoms with Crippen molar-refractivity contribution in [1.82, 2.24) is 4.90 Å². The third-order valence-corrected chi connectivity index (χ3v) is 3.85. The summed E-state index contributed by atoms with van der Waals surface area (Å²) in [6.07, 6.45) is 0.251. The SMILES string of the molecule is CC(CC(=O)O)N1CCSC(C)(C)C1. The first-order valence-electron chi connectivity index (χ1n) is 5.00. The van der Waals surface area contributed by atoms with Crippen LogP contribution in [0.25, 0.3) is 0 Å². The molecule has 3 nitrogen and oxygen atoms in total. The summed E-state index contributed by atoms with van der Waals surface area (Å²) in [5.74, 6) is 0.408. The van der Waals surface area contributed by atoms with Gasteiger partial charge in [0, 0.05) is 29.6 Å². The lowest BCUT2D eigenvalue weighted by Crippen LogP contribution is -2.47. The molecule has 1 aliphatic rings. The molecule has 0 amide bonds. The lowest BCUT2D eigenvalue weighted by Gasteiger charge is -2.40. The molecule has 0 bridgehead atoms. The number of carboxylic acid groups (broad SMARTS) is 1. The molecule has 1 N–H and O–H groups in total. The number of rotatable bonds is 3. The number of hydrogen-bond acceptors (Lipinski definition) is 3. The fraction of sp³-hybridized carbons (Fsp3) is 0.900. The van der Waals surface area contributed by atoms with Crippen LogP contribution < -0.4 is 0 Å². The second-order valence-electron chi connectivity index (χ2n) is 4.53. The number of carbonyl (C=O) groups is 1. The van der Waals surface area contributed by atoms with E-state index in [1.165, 1.54) is 0 Å². The number of thioether (sulfide) groups is 1. The van der Waals surface area contributed by atoms with Crippen molar-refractivity contribution < 1.29 is 9.90 Å². The summed E-state index contributed by atoms with van der Waals surface area (Å²) in [4.78, 5) is 12.9. The van der Waals surface area contributed by atoms with Crippen LogP contribution in [0.4, 0.5) is 0 Å². The van der Waals surface area contributed by atoms with Gasteiger partial charge in [0.15, 0.2) is 0 Å². The molecule has 0 aromatic carbocycles. The van der Waals surface area contributed by atoms with Crippen LogP contribution in [0.15, 0.2) is 0 Å². The van der Waals surface area contributed by atoms with E-state index in [0.29, 0.717) is 0 Å². The van der Waals surface area contributed by atoms with Crippen LogP contribution in [0.1, 0.15) is 27.2 Å². The smallest absolute Gasteiger partial charge is 0.304 e. The van der Waals surface area contributed by atoms with Gasteiger partial charge in [-0.3, -0.25) is 9.69 Å². The van der Waals surface area contributed by atoms with Gasteiger partial charge < -0.3 is 5.11 Å². The van der Waals surface area contributed by atoms with Gasteiger partial charge in [-0.15, -0.1) is 0 Å². The van der Waals surface area contributed by atoms with E-state index < -0.39 is 5.97 Å².